The van der Waals surface area contributed by atoms with E-state index in [9.17, 15) is 5.11 Å². The van der Waals surface area contributed by atoms with Crippen LogP contribution in [0.15, 0.2) is 18.2 Å². The van der Waals surface area contributed by atoms with Crippen LogP contribution in [0.3, 0.4) is 0 Å². The Bertz CT molecular complexity index is 320. The molecule has 1 aromatic rings. The molecule has 0 aliphatic heterocycles. The summed E-state index contributed by atoms with van der Waals surface area (Å²) in [4.78, 5) is 0. The highest BCUT2D eigenvalue weighted by atomic mass is 35.5. The maximum atomic E-state index is 9.30. The minimum absolute atomic E-state index is 0.117. The van der Waals surface area contributed by atoms with E-state index in [4.69, 9.17) is 17.3 Å². The molecule has 3 N–H and O–H groups in total. The van der Waals surface area contributed by atoms with E-state index >= 15 is 0 Å². The lowest BCUT2D eigenvalue weighted by Gasteiger charge is -2.09. The molecule has 0 saturated heterocycles. The van der Waals surface area contributed by atoms with Gasteiger partial charge in [0.2, 0.25) is 0 Å². The molecule has 0 radical (unpaired) electrons. The molecule has 0 aromatic heterocycles. The monoisotopic (exact) mass is 183 g/mol. The molecular weight excluding hydrogens is 174 g/mol. The van der Waals surface area contributed by atoms with Gasteiger partial charge in [-0.2, -0.15) is 0 Å². The summed E-state index contributed by atoms with van der Waals surface area (Å²) in [5, 5.41) is 9.68. The van der Waals surface area contributed by atoms with Gasteiger partial charge in [0.25, 0.3) is 0 Å². The molecule has 0 atom stereocenters. The van der Waals surface area contributed by atoms with Crippen LogP contribution < -0.4 is 5.73 Å². The highest BCUT2D eigenvalue weighted by Crippen LogP contribution is 2.44. The van der Waals surface area contributed by atoms with Crippen molar-refractivity contribution in [2.75, 3.05) is 0 Å². The number of phenolic OH excluding ortho intramolecular Hbond substituents is 1. The van der Waals surface area contributed by atoms with E-state index in [1.165, 1.54) is 0 Å². The first-order chi connectivity index (χ1) is 5.62. The number of hydrogen-bond donors (Lipinski definition) is 2. The summed E-state index contributed by atoms with van der Waals surface area (Å²) in [6.07, 6.45) is 1.99. The largest absolute Gasteiger partial charge is 0.506 e. The van der Waals surface area contributed by atoms with Crippen LogP contribution in [0.1, 0.15) is 18.4 Å². The average Bonchev–Trinajstić information content (AvgIpc) is 2.75. The first-order valence-electron chi connectivity index (χ1n) is 3.90. The molecule has 0 unspecified atom stereocenters. The zero-order chi connectivity index (χ0) is 8.77. The Morgan fingerprint density at radius 1 is 1.42 bits per heavy atom. The SMILES string of the molecule is NC1(c2ccc(Cl)c(O)c2)CC1. The molecule has 1 saturated carbocycles. The van der Waals surface area contributed by atoms with Crippen molar-refractivity contribution in [3.05, 3.63) is 28.8 Å². The van der Waals surface area contributed by atoms with Crippen molar-refractivity contribution in [3.63, 3.8) is 0 Å². The number of rotatable bonds is 1. The topological polar surface area (TPSA) is 46.2 Å². The van der Waals surface area contributed by atoms with Crippen LogP contribution in [0.5, 0.6) is 5.75 Å². The zero-order valence-electron chi connectivity index (χ0n) is 6.55. The number of phenols is 1. The summed E-state index contributed by atoms with van der Waals surface area (Å²) in [7, 11) is 0. The van der Waals surface area contributed by atoms with E-state index in [0.717, 1.165) is 18.4 Å². The van der Waals surface area contributed by atoms with Crippen molar-refractivity contribution in [2.45, 2.75) is 18.4 Å². The Morgan fingerprint density at radius 2 is 2.08 bits per heavy atom. The van der Waals surface area contributed by atoms with E-state index in [2.05, 4.69) is 0 Å². The van der Waals surface area contributed by atoms with Crippen molar-refractivity contribution in [3.8, 4) is 5.75 Å². The van der Waals surface area contributed by atoms with Gasteiger partial charge in [0.15, 0.2) is 0 Å². The van der Waals surface area contributed by atoms with Crippen LogP contribution in [0.2, 0.25) is 5.02 Å². The molecule has 64 valence electrons. The fraction of sp³-hybridized carbons (Fsp3) is 0.333. The summed E-state index contributed by atoms with van der Waals surface area (Å²) < 4.78 is 0. The standard InChI is InChI=1S/C9H10ClNO/c10-7-2-1-6(5-8(7)12)9(11)3-4-9/h1-2,5,12H,3-4,11H2. The second kappa shape index (κ2) is 2.38. The average molecular weight is 184 g/mol. The molecule has 1 fully saturated rings. The second-order valence-electron chi connectivity index (χ2n) is 3.32. The molecule has 12 heavy (non-hydrogen) atoms. The molecule has 0 bridgehead atoms. The van der Waals surface area contributed by atoms with E-state index in [-0.39, 0.29) is 11.3 Å². The molecule has 2 rings (SSSR count). The molecule has 3 heteroatoms. The van der Waals surface area contributed by atoms with Gasteiger partial charge >= 0.3 is 0 Å². The van der Waals surface area contributed by atoms with Crippen molar-refractivity contribution in [2.24, 2.45) is 5.73 Å². The van der Waals surface area contributed by atoms with Gasteiger partial charge in [-0.1, -0.05) is 17.7 Å². The van der Waals surface area contributed by atoms with Crippen LogP contribution in [0, 0.1) is 0 Å². The first-order valence-corrected chi connectivity index (χ1v) is 4.27. The predicted molar refractivity (Wildman–Crippen MR) is 48.2 cm³/mol. The Morgan fingerprint density at radius 3 is 2.58 bits per heavy atom. The van der Waals surface area contributed by atoms with Crippen LogP contribution >= 0.6 is 11.6 Å². The van der Waals surface area contributed by atoms with Crippen molar-refractivity contribution in [1.29, 1.82) is 0 Å². The van der Waals surface area contributed by atoms with Gasteiger partial charge in [0.05, 0.1) is 5.02 Å². The molecule has 1 aliphatic rings. The minimum Gasteiger partial charge on any atom is -0.506 e. The molecule has 1 aromatic carbocycles. The summed E-state index contributed by atoms with van der Waals surface area (Å²) in [5.41, 5.74) is 6.72. The molecule has 0 amide bonds. The third kappa shape index (κ3) is 1.17. The van der Waals surface area contributed by atoms with E-state index in [1.54, 1.807) is 12.1 Å². The van der Waals surface area contributed by atoms with E-state index in [0.29, 0.717) is 5.02 Å². The Kier molecular flexibility index (Phi) is 1.56. The smallest absolute Gasteiger partial charge is 0.134 e. The highest BCUT2D eigenvalue weighted by Gasteiger charge is 2.40. The molecule has 2 nitrogen and oxygen atoms in total. The van der Waals surface area contributed by atoms with Gasteiger partial charge in [-0.15, -0.1) is 0 Å². The fourth-order valence-corrected chi connectivity index (χ4v) is 1.36. The number of benzene rings is 1. The van der Waals surface area contributed by atoms with Crippen LogP contribution in [0.4, 0.5) is 0 Å². The number of aromatic hydroxyl groups is 1. The summed E-state index contributed by atoms with van der Waals surface area (Å²) in [6, 6.07) is 5.20. The first kappa shape index (κ1) is 7.90. The number of hydrogen-bond acceptors (Lipinski definition) is 2. The van der Waals surface area contributed by atoms with Crippen molar-refractivity contribution < 1.29 is 5.11 Å². The normalized spacial score (nSPS) is 19.2. The van der Waals surface area contributed by atoms with Gasteiger partial charge < -0.3 is 10.8 Å². The lowest BCUT2D eigenvalue weighted by molar-refractivity contribution is 0.473. The van der Waals surface area contributed by atoms with Crippen LogP contribution in [-0.2, 0) is 5.54 Å². The molecule has 0 heterocycles. The van der Waals surface area contributed by atoms with Gasteiger partial charge in [-0.05, 0) is 30.5 Å². The Balaban J connectivity index is 2.41. The second-order valence-corrected chi connectivity index (χ2v) is 3.73. The summed E-state index contributed by atoms with van der Waals surface area (Å²) in [5.74, 6) is 0.117. The zero-order valence-corrected chi connectivity index (χ0v) is 7.30. The van der Waals surface area contributed by atoms with Gasteiger partial charge in [-0.3, -0.25) is 0 Å². The number of nitrogens with two attached hydrogens (primary N) is 1. The summed E-state index contributed by atoms with van der Waals surface area (Å²) >= 11 is 5.66. The lowest BCUT2D eigenvalue weighted by atomic mass is 10.1. The molecular formula is C9H10ClNO. The Hall–Kier alpha value is -0.730. The highest BCUT2D eigenvalue weighted by molar-refractivity contribution is 6.32. The van der Waals surface area contributed by atoms with Gasteiger partial charge in [0, 0.05) is 5.54 Å². The minimum atomic E-state index is -0.192. The fourth-order valence-electron chi connectivity index (χ4n) is 1.25. The van der Waals surface area contributed by atoms with Crippen molar-refractivity contribution >= 4 is 11.6 Å². The molecule has 1 aliphatic carbocycles. The third-order valence-electron chi connectivity index (χ3n) is 2.31. The quantitative estimate of drug-likeness (QED) is 0.700. The van der Waals surface area contributed by atoms with Crippen LogP contribution in [-0.4, -0.2) is 5.11 Å². The maximum Gasteiger partial charge on any atom is 0.134 e. The van der Waals surface area contributed by atoms with E-state index in [1.807, 2.05) is 6.07 Å². The van der Waals surface area contributed by atoms with Crippen molar-refractivity contribution in [1.82, 2.24) is 0 Å². The van der Waals surface area contributed by atoms with E-state index < -0.39 is 0 Å². The lowest BCUT2D eigenvalue weighted by Crippen LogP contribution is -2.18. The van der Waals surface area contributed by atoms with Gasteiger partial charge in [-0.25, -0.2) is 0 Å². The Labute approximate surface area is 76.0 Å². The van der Waals surface area contributed by atoms with Crippen LogP contribution in [0.25, 0.3) is 0 Å². The third-order valence-corrected chi connectivity index (χ3v) is 2.63. The molecule has 0 spiro atoms. The maximum absolute atomic E-state index is 9.30. The number of halogens is 1. The predicted octanol–water partition coefficient (Wildman–Crippen LogP) is 1.99. The van der Waals surface area contributed by atoms with Gasteiger partial charge in [0.1, 0.15) is 5.75 Å². The summed E-state index contributed by atoms with van der Waals surface area (Å²) in [6.45, 7) is 0.